The van der Waals surface area contributed by atoms with Gasteiger partial charge in [0.05, 0.1) is 4.92 Å². The van der Waals surface area contributed by atoms with E-state index >= 15 is 0 Å². The van der Waals surface area contributed by atoms with Crippen molar-refractivity contribution in [3.63, 3.8) is 0 Å². The molecule has 17 heavy (non-hydrogen) atoms. The average molecular weight is 234 g/mol. The molecule has 1 saturated heterocycles. The highest BCUT2D eigenvalue weighted by atomic mass is 16.6. The van der Waals surface area contributed by atoms with Crippen LogP contribution in [0.5, 0.6) is 0 Å². The Bertz CT molecular complexity index is 410. The van der Waals surface area contributed by atoms with Gasteiger partial charge in [0.2, 0.25) is 0 Å². The van der Waals surface area contributed by atoms with Crippen LogP contribution in [0.15, 0.2) is 18.2 Å². The van der Waals surface area contributed by atoms with Crippen molar-refractivity contribution >= 4 is 5.69 Å². The number of hydrogen-bond acceptors (Lipinski definition) is 3. The molecular formula is C13H18N2O2. The normalized spacial score (nSPS) is 20.9. The summed E-state index contributed by atoms with van der Waals surface area (Å²) in [5, 5.41) is 14.3. The first kappa shape index (κ1) is 12.0. The maximum Gasteiger partial charge on any atom is 0.269 e. The quantitative estimate of drug-likeness (QED) is 0.632. The van der Waals surface area contributed by atoms with Gasteiger partial charge in [-0.1, -0.05) is 18.9 Å². The van der Waals surface area contributed by atoms with Gasteiger partial charge >= 0.3 is 0 Å². The number of nitro benzene ring substituents is 1. The predicted octanol–water partition coefficient (Wildman–Crippen LogP) is 3.11. The van der Waals surface area contributed by atoms with E-state index < -0.39 is 0 Å². The molecule has 1 heterocycles. The lowest BCUT2D eigenvalue weighted by Gasteiger charge is -2.18. The molecule has 92 valence electrons. The Morgan fingerprint density at radius 2 is 2.18 bits per heavy atom. The molecule has 0 saturated carbocycles. The smallest absolute Gasteiger partial charge is 0.269 e. The second-order valence-electron chi connectivity index (χ2n) is 4.65. The number of rotatable bonds is 2. The van der Waals surface area contributed by atoms with Crippen LogP contribution in [0.3, 0.4) is 0 Å². The molecule has 0 bridgehead atoms. The molecule has 1 N–H and O–H groups in total. The maximum absolute atomic E-state index is 10.8. The van der Waals surface area contributed by atoms with Crippen LogP contribution in [-0.2, 0) is 0 Å². The molecular weight excluding hydrogens is 216 g/mol. The van der Waals surface area contributed by atoms with Crippen molar-refractivity contribution in [1.82, 2.24) is 5.32 Å². The van der Waals surface area contributed by atoms with E-state index in [1.807, 2.05) is 13.0 Å². The Hall–Kier alpha value is -1.42. The first-order valence-electron chi connectivity index (χ1n) is 6.17. The Labute approximate surface area is 101 Å². The van der Waals surface area contributed by atoms with E-state index in [4.69, 9.17) is 0 Å². The monoisotopic (exact) mass is 234 g/mol. The molecule has 2 rings (SSSR count). The number of benzene rings is 1. The zero-order valence-corrected chi connectivity index (χ0v) is 10.1. The van der Waals surface area contributed by atoms with Crippen LogP contribution in [-0.4, -0.2) is 11.5 Å². The minimum Gasteiger partial charge on any atom is -0.310 e. The highest BCUT2D eigenvalue weighted by molar-refractivity contribution is 5.41. The van der Waals surface area contributed by atoms with Crippen molar-refractivity contribution in [3.05, 3.63) is 39.4 Å². The van der Waals surface area contributed by atoms with E-state index in [1.54, 1.807) is 12.1 Å². The fraction of sp³-hybridized carbons (Fsp3) is 0.538. The third-order valence-corrected chi connectivity index (χ3v) is 3.41. The molecule has 4 nitrogen and oxygen atoms in total. The van der Waals surface area contributed by atoms with Crippen molar-refractivity contribution in [1.29, 1.82) is 0 Å². The maximum atomic E-state index is 10.8. The number of nitrogens with one attached hydrogen (secondary N) is 1. The summed E-state index contributed by atoms with van der Waals surface area (Å²) in [6.07, 6.45) is 4.71. The van der Waals surface area contributed by atoms with Crippen LogP contribution in [0.2, 0.25) is 0 Å². The molecule has 1 fully saturated rings. The van der Waals surface area contributed by atoms with Gasteiger partial charge in [-0.3, -0.25) is 10.1 Å². The van der Waals surface area contributed by atoms with Crippen molar-refractivity contribution in [3.8, 4) is 0 Å². The molecule has 0 aliphatic carbocycles. The minimum atomic E-state index is -0.320. The SMILES string of the molecule is Cc1ccc([N+](=O)[O-])cc1C1CCCCCN1. The van der Waals surface area contributed by atoms with E-state index in [0.717, 1.165) is 24.1 Å². The summed E-state index contributed by atoms with van der Waals surface area (Å²) in [4.78, 5) is 10.5. The summed E-state index contributed by atoms with van der Waals surface area (Å²) in [6.45, 7) is 3.03. The lowest BCUT2D eigenvalue weighted by Crippen LogP contribution is -2.21. The summed E-state index contributed by atoms with van der Waals surface area (Å²) in [7, 11) is 0. The van der Waals surface area contributed by atoms with Crippen LogP contribution in [0.4, 0.5) is 5.69 Å². The van der Waals surface area contributed by atoms with E-state index in [0.29, 0.717) is 0 Å². The van der Waals surface area contributed by atoms with Gasteiger partial charge in [-0.15, -0.1) is 0 Å². The van der Waals surface area contributed by atoms with E-state index in [9.17, 15) is 10.1 Å². The van der Waals surface area contributed by atoms with Crippen LogP contribution >= 0.6 is 0 Å². The summed E-state index contributed by atoms with van der Waals surface area (Å²) in [6, 6.07) is 5.42. The summed E-state index contributed by atoms with van der Waals surface area (Å²) >= 11 is 0. The van der Waals surface area contributed by atoms with Gasteiger partial charge in [-0.05, 0) is 37.4 Å². The number of aryl methyl sites for hydroxylation is 1. The van der Waals surface area contributed by atoms with Gasteiger partial charge in [0.1, 0.15) is 0 Å². The van der Waals surface area contributed by atoms with Gasteiger partial charge in [-0.25, -0.2) is 0 Å². The van der Waals surface area contributed by atoms with Crippen LogP contribution in [0.25, 0.3) is 0 Å². The molecule has 1 aliphatic rings. The third kappa shape index (κ3) is 2.82. The summed E-state index contributed by atoms with van der Waals surface area (Å²) in [5.74, 6) is 0. The zero-order chi connectivity index (χ0) is 12.3. The highest BCUT2D eigenvalue weighted by Crippen LogP contribution is 2.28. The summed E-state index contributed by atoms with van der Waals surface area (Å²) < 4.78 is 0. The molecule has 1 aliphatic heterocycles. The zero-order valence-electron chi connectivity index (χ0n) is 10.1. The lowest BCUT2D eigenvalue weighted by atomic mass is 9.97. The largest absolute Gasteiger partial charge is 0.310 e. The van der Waals surface area contributed by atoms with Gasteiger partial charge in [0, 0.05) is 18.2 Å². The van der Waals surface area contributed by atoms with Crippen molar-refractivity contribution in [2.45, 2.75) is 38.6 Å². The number of hydrogen-bond donors (Lipinski definition) is 1. The molecule has 0 radical (unpaired) electrons. The highest BCUT2D eigenvalue weighted by Gasteiger charge is 2.18. The first-order chi connectivity index (χ1) is 8.18. The Morgan fingerprint density at radius 3 is 2.94 bits per heavy atom. The molecule has 1 unspecified atom stereocenters. The topological polar surface area (TPSA) is 55.2 Å². The van der Waals surface area contributed by atoms with Crippen LogP contribution in [0.1, 0.15) is 42.9 Å². The number of nitrogens with zero attached hydrogens (tertiary/aromatic N) is 1. The second-order valence-corrected chi connectivity index (χ2v) is 4.65. The molecule has 4 heteroatoms. The number of nitro groups is 1. The lowest BCUT2D eigenvalue weighted by molar-refractivity contribution is -0.384. The Morgan fingerprint density at radius 1 is 1.35 bits per heavy atom. The van der Waals surface area contributed by atoms with Gasteiger partial charge in [0.25, 0.3) is 5.69 Å². The van der Waals surface area contributed by atoms with Crippen LogP contribution < -0.4 is 5.32 Å². The minimum absolute atomic E-state index is 0.191. The molecule has 0 amide bonds. The van der Waals surface area contributed by atoms with Gasteiger partial charge in [0.15, 0.2) is 0 Å². The molecule has 0 aromatic heterocycles. The molecule has 1 aromatic carbocycles. The Kier molecular flexibility index (Phi) is 3.74. The Balaban J connectivity index is 2.28. The van der Waals surface area contributed by atoms with Crippen LogP contribution in [0, 0.1) is 17.0 Å². The molecule has 0 spiro atoms. The van der Waals surface area contributed by atoms with E-state index in [1.165, 1.54) is 19.3 Å². The van der Waals surface area contributed by atoms with E-state index in [-0.39, 0.29) is 16.7 Å². The van der Waals surface area contributed by atoms with Crippen molar-refractivity contribution in [2.24, 2.45) is 0 Å². The van der Waals surface area contributed by atoms with Crippen molar-refractivity contribution in [2.75, 3.05) is 6.54 Å². The summed E-state index contributed by atoms with van der Waals surface area (Å²) in [5.41, 5.74) is 2.41. The fourth-order valence-corrected chi connectivity index (χ4v) is 2.41. The second kappa shape index (κ2) is 5.27. The van der Waals surface area contributed by atoms with Crippen molar-refractivity contribution < 1.29 is 4.92 Å². The standard InChI is InChI=1S/C13H18N2O2/c1-10-6-7-11(15(16)17)9-12(10)13-5-3-2-4-8-14-13/h6-7,9,13-14H,2-5,8H2,1H3. The third-order valence-electron chi connectivity index (χ3n) is 3.41. The molecule has 1 aromatic rings. The molecule has 1 atom stereocenters. The fourth-order valence-electron chi connectivity index (χ4n) is 2.41. The van der Waals surface area contributed by atoms with Gasteiger partial charge in [-0.2, -0.15) is 0 Å². The average Bonchev–Trinajstić information content (AvgIpc) is 2.58. The predicted molar refractivity (Wildman–Crippen MR) is 67.0 cm³/mol. The first-order valence-corrected chi connectivity index (χ1v) is 6.17. The van der Waals surface area contributed by atoms with E-state index in [2.05, 4.69) is 5.32 Å². The number of non-ortho nitro benzene ring substituents is 1. The van der Waals surface area contributed by atoms with Gasteiger partial charge < -0.3 is 5.32 Å².